The largest absolute Gasteiger partial charge is 0.347 e. The molecule has 7 nitrogen and oxygen atoms in total. The number of piperazine rings is 1. The number of hydrogen-bond donors (Lipinski definition) is 1. The molecule has 2 aromatic rings. The third-order valence-corrected chi connectivity index (χ3v) is 7.52. The molecule has 2 aromatic heterocycles. The van der Waals surface area contributed by atoms with Crippen LogP contribution in [0.1, 0.15) is 33.0 Å². The maximum absolute atomic E-state index is 12.8. The van der Waals surface area contributed by atoms with Crippen LogP contribution < -0.4 is 5.32 Å². The second-order valence-electron chi connectivity index (χ2n) is 8.63. The lowest BCUT2D eigenvalue weighted by atomic mass is 9.97. The summed E-state index contributed by atoms with van der Waals surface area (Å²) in [6.45, 7) is 6.59. The Kier molecular flexibility index (Phi) is 5.01. The van der Waals surface area contributed by atoms with Crippen molar-refractivity contribution in [2.45, 2.75) is 18.9 Å². The molecule has 154 valence electrons. The SMILES string of the molecule is CN1CCN(C(=O)c2cc3cnc(C(=O)N[C@@H]4C[C@@H]5CCN(C5)C4)cc3s2)CC1. The predicted molar refractivity (Wildman–Crippen MR) is 113 cm³/mol. The molecule has 2 amide bonds. The van der Waals surface area contributed by atoms with Crippen LogP contribution >= 0.6 is 11.3 Å². The Morgan fingerprint density at radius 2 is 1.97 bits per heavy atom. The highest BCUT2D eigenvalue weighted by Gasteiger charge is 2.33. The van der Waals surface area contributed by atoms with Crippen molar-refractivity contribution in [2.75, 3.05) is 52.9 Å². The Labute approximate surface area is 174 Å². The molecular formula is C21H27N5O2S. The first-order valence-electron chi connectivity index (χ1n) is 10.5. The van der Waals surface area contributed by atoms with E-state index in [1.807, 2.05) is 17.0 Å². The Morgan fingerprint density at radius 1 is 1.14 bits per heavy atom. The number of hydrogen-bond acceptors (Lipinski definition) is 6. The first kappa shape index (κ1) is 19.0. The van der Waals surface area contributed by atoms with Crippen molar-refractivity contribution in [3.63, 3.8) is 0 Å². The minimum absolute atomic E-state index is 0.0806. The highest BCUT2D eigenvalue weighted by molar-refractivity contribution is 7.20. The molecule has 0 saturated carbocycles. The summed E-state index contributed by atoms with van der Waals surface area (Å²) in [6, 6.07) is 3.94. The topological polar surface area (TPSA) is 68.8 Å². The van der Waals surface area contributed by atoms with Crippen LogP contribution in [-0.2, 0) is 0 Å². The molecule has 8 heteroatoms. The van der Waals surface area contributed by atoms with Crippen LogP contribution in [0.25, 0.3) is 10.1 Å². The highest BCUT2D eigenvalue weighted by Crippen LogP contribution is 2.28. The third-order valence-electron chi connectivity index (χ3n) is 6.44. The van der Waals surface area contributed by atoms with Gasteiger partial charge in [0.2, 0.25) is 0 Å². The van der Waals surface area contributed by atoms with E-state index in [2.05, 4.69) is 27.1 Å². The first-order valence-corrected chi connectivity index (χ1v) is 11.3. The molecule has 5 heterocycles. The fourth-order valence-corrected chi connectivity index (χ4v) is 5.79. The zero-order valence-corrected chi connectivity index (χ0v) is 17.6. The second kappa shape index (κ2) is 7.66. The van der Waals surface area contributed by atoms with Crippen molar-refractivity contribution in [2.24, 2.45) is 5.92 Å². The fraction of sp³-hybridized carbons (Fsp3) is 0.571. The number of likely N-dealkylation sites (N-methyl/N-ethyl adjacent to an activating group) is 1. The summed E-state index contributed by atoms with van der Waals surface area (Å²) >= 11 is 1.46. The molecule has 5 rings (SSSR count). The van der Waals surface area contributed by atoms with Gasteiger partial charge in [0, 0.05) is 61.6 Å². The Hall–Kier alpha value is -2.03. The van der Waals surface area contributed by atoms with E-state index >= 15 is 0 Å². The van der Waals surface area contributed by atoms with E-state index in [9.17, 15) is 9.59 Å². The second-order valence-corrected chi connectivity index (χ2v) is 9.72. The predicted octanol–water partition coefficient (Wildman–Crippen LogP) is 1.51. The van der Waals surface area contributed by atoms with Gasteiger partial charge in [-0.05, 0) is 44.5 Å². The van der Waals surface area contributed by atoms with Gasteiger partial charge < -0.3 is 20.0 Å². The van der Waals surface area contributed by atoms with E-state index < -0.39 is 0 Å². The van der Waals surface area contributed by atoms with Gasteiger partial charge in [-0.2, -0.15) is 0 Å². The molecule has 3 aliphatic heterocycles. The van der Waals surface area contributed by atoms with Crippen LogP contribution in [0.4, 0.5) is 0 Å². The van der Waals surface area contributed by atoms with Crippen molar-refractivity contribution in [1.29, 1.82) is 0 Å². The number of aromatic nitrogens is 1. The van der Waals surface area contributed by atoms with E-state index in [1.165, 1.54) is 24.3 Å². The smallest absolute Gasteiger partial charge is 0.270 e. The number of nitrogens with zero attached hydrogens (tertiary/aromatic N) is 4. The summed E-state index contributed by atoms with van der Waals surface area (Å²) < 4.78 is 0.940. The lowest BCUT2D eigenvalue weighted by molar-refractivity contribution is 0.0669. The van der Waals surface area contributed by atoms with Crippen LogP contribution in [0, 0.1) is 5.92 Å². The first-order chi connectivity index (χ1) is 14.0. The summed E-state index contributed by atoms with van der Waals surface area (Å²) in [5, 5.41) is 4.09. The van der Waals surface area contributed by atoms with Gasteiger partial charge >= 0.3 is 0 Å². The molecule has 0 spiro atoms. The third kappa shape index (κ3) is 3.89. The summed E-state index contributed by atoms with van der Waals surface area (Å²) in [4.78, 5) is 37.3. The quantitative estimate of drug-likeness (QED) is 0.826. The van der Waals surface area contributed by atoms with Crippen molar-refractivity contribution >= 4 is 33.2 Å². The minimum atomic E-state index is -0.111. The van der Waals surface area contributed by atoms with E-state index in [4.69, 9.17) is 0 Å². The molecule has 2 bridgehead atoms. The molecule has 0 radical (unpaired) electrons. The van der Waals surface area contributed by atoms with Crippen molar-refractivity contribution in [1.82, 2.24) is 25.0 Å². The molecular weight excluding hydrogens is 386 g/mol. The number of carbonyl (C=O) groups is 2. The van der Waals surface area contributed by atoms with E-state index in [-0.39, 0.29) is 17.9 Å². The highest BCUT2D eigenvalue weighted by atomic mass is 32.1. The van der Waals surface area contributed by atoms with Gasteiger partial charge in [-0.3, -0.25) is 14.6 Å². The zero-order valence-electron chi connectivity index (χ0n) is 16.8. The normalized spacial score (nSPS) is 27.3. The lowest BCUT2D eigenvalue weighted by Crippen LogP contribution is -2.47. The van der Waals surface area contributed by atoms with Gasteiger partial charge in [0.05, 0.1) is 4.88 Å². The summed E-state index contributed by atoms with van der Waals surface area (Å²) in [5.41, 5.74) is 0.436. The standard InChI is InChI=1S/C21H27N5O2S/c1-24-4-6-26(7-5-24)21(28)19-9-15-11-22-17(10-18(15)29-19)20(27)23-16-8-14-2-3-25(12-14)13-16/h9-11,14,16H,2-8,12-13H2,1H3,(H,23,27)/t14-,16+/m0/s1. The van der Waals surface area contributed by atoms with Crippen molar-refractivity contribution in [3.05, 3.63) is 28.9 Å². The molecule has 0 aliphatic carbocycles. The van der Waals surface area contributed by atoms with Gasteiger partial charge in [-0.25, -0.2) is 0 Å². The number of rotatable bonds is 3. The van der Waals surface area contributed by atoms with Crippen LogP contribution in [0.2, 0.25) is 0 Å². The molecule has 1 N–H and O–H groups in total. The number of piperidine rings is 1. The Bertz CT molecular complexity index is 924. The van der Waals surface area contributed by atoms with Gasteiger partial charge in [-0.15, -0.1) is 11.3 Å². The van der Waals surface area contributed by atoms with Gasteiger partial charge in [0.15, 0.2) is 0 Å². The molecule has 0 aromatic carbocycles. The molecule has 3 aliphatic rings. The number of pyridine rings is 1. The summed E-state index contributed by atoms with van der Waals surface area (Å²) in [7, 11) is 2.08. The molecule has 3 fully saturated rings. The zero-order chi connectivity index (χ0) is 20.0. The van der Waals surface area contributed by atoms with Crippen LogP contribution in [0.15, 0.2) is 18.3 Å². The maximum atomic E-state index is 12.8. The van der Waals surface area contributed by atoms with Crippen molar-refractivity contribution < 1.29 is 9.59 Å². The molecule has 1 unspecified atom stereocenters. The Morgan fingerprint density at radius 3 is 2.76 bits per heavy atom. The number of carbonyl (C=O) groups excluding carboxylic acids is 2. The maximum Gasteiger partial charge on any atom is 0.270 e. The number of amides is 2. The van der Waals surface area contributed by atoms with Crippen molar-refractivity contribution in [3.8, 4) is 0 Å². The molecule has 29 heavy (non-hydrogen) atoms. The summed E-state index contributed by atoms with van der Waals surface area (Å²) in [5.74, 6) is 0.682. The van der Waals surface area contributed by atoms with Crippen LogP contribution in [0.3, 0.4) is 0 Å². The fourth-order valence-electron chi connectivity index (χ4n) is 4.75. The number of nitrogens with one attached hydrogen (secondary N) is 1. The van der Waals surface area contributed by atoms with Gasteiger partial charge in [0.25, 0.3) is 11.8 Å². The van der Waals surface area contributed by atoms with Crippen LogP contribution in [0.5, 0.6) is 0 Å². The van der Waals surface area contributed by atoms with E-state index in [0.717, 1.165) is 60.7 Å². The minimum Gasteiger partial charge on any atom is -0.347 e. The van der Waals surface area contributed by atoms with Crippen LogP contribution in [-0.4, -0.2) is 90.4 Å². The Balaban J connectivity index is 1.29. The van der Waals surface area contributed by atoms with Gasteiger partial charge in [-0.1, -0.05) is 0 Å². The molecule has 3 saturated heterocycles. The average molecular weight is 414 g/mol. The van der Waals surface area contributed by atoms with E-state index in [0.29, 0.717) is 11.6 Å². The average Bonchev–Trinajstić information content (AvgIpc) is 3.30. The molecule has 3 atom stereocenters. The van der Waals surface area contributed by atoms with E-state index in [1.54, 1.807) is 6.20 Å². The monoisotopic (exact) mass is 413 g/mol. The number of thiophene rings is 1. The summed E-state index contributed by atoms with van der Waals surface area (Å²) in [6.07, 6.45) is 4.03. The number of fused-ring (bicyclic) bond motifs is 3. The lowest BCUT2D eigenvalue weighted by Gasteiger charge is -2.32. The van der Waals surface area contributed by atoms with Gasteiger partial charge in [0.1, 0.15) is 5.69 Å².